The summed E-state index contributed by atoms with van der Waals surface area (Å²) in [4.78, 5) is 16.9. The lowest BCUT2D eigenvalue weighted by Crippen LogP contribution is -2.28. The molecule has 1 aromatic heterocycles. The third-order valence-electron chi connectivity index (χ3n) is 4.19. The number of carbonyl (C=O) groups is 1. The highest BCUT2D eigenvalue weighted by Gasteiger charge is 2.20. The first-order valence-electron chi connectivity index (χ1n) is 8.73. The minimum atomic E-state index is -0.294. The van der Waals surface area contributed by atoms with E-state index in [1.807, 2.05) is 30.3 Å². The summed E-state index contributed by atoms with van der Waals surface area (Å²) in [5, 5.41) is 3.82. The smallest absolute Gasteiger partial charge is 0.255 e. The summed E-state index contributed by atoms with van der Waals surface area (Å²) in [5.74, 6) is 1.56. The van der Waals surface area contributed by atoms with Crippen molar-refractivity contribution in [2.24, 2.45) is 0 Å². The maximum Gasteiger partial charge on any atom is 0.255 e. The minimum absolute atomic E-state index is 0.294. The number of amides is 1. The van der Waals surface area contributed by atoms with Crippen LogP contribution in [0.15, 0.2) is 48.7 Å². The number of para-hydroxylation sites is 1. The molecule has 0 unspecified atom stereocenters. The van der Waals surface area contributed by atoms with Crippen LogP contribution in [0.5, 0.6) is 23.0 Å². The van der Waals surface area contributed by atoms with Crippen molar-refractivity contribution in [3.05, 3.63) is 54.2 Å². The van der Waals surface area contributed by atoms with E-state index in [1.54, 1.807) is 18.3 Å². The van der Waals surface area contributed by atoms with E-state index in [1.165, 1.54) is 21.3 Å². The van der Waals surface area contributed by atoms with Crippen molar-refractivity contribution in [3.63, 3.8) is 0 Å². The van der Waals surface area contributed by atoms with Gasteiger partial charge in [-0.05, 0) is 24.3 Å². The summed E-state index contributed by atoms with van der Waals surface area (Å²) in [6.45, 7) is 0.622. The van der Waals surface area contributed by atoms with Crippen LogP contribution in [0.4, 0.5) is 0 Å². The van der Waals surface area contributed by atoms with Crippen molar-refractivity contribution < 1.29 is 23.7 Å². The number of benzene rings is 2. The van der Waals surface area contributed by atoms with Gasteiger partial charge >= 0.3 is 0 Å². The Morgan fingerprint density at radius 1 is 0.929 bits per heavy atom. The van der Waals surface area contributed by atoms with E-state index in [9.17, 15) is 4.79 Å². The zero-order chi connectivity index (χ0) is 19.9. The van der Waals surface area contributed by atoms with Crippen LogP contribution in [-0.4, -0.2) is 45.4 Å². The summed E-state index contributed by atoms with van der Waals surface area (Å²) in [5.41, 5.74) is 1.14. The average Bonchev–Trinajstić information content (AvgIpc) is 2.75. The summed E-state index contributed by atoms with van der Waals surface area (Å²) in [6.07, 6.45) is 1.72. The second kappa shape index (κ2) is 8.94. The predicted molar refractivity (Wildman–Crippen MR) is 106 cm³/mol. The van der Waals surface area contributed by atoms with Crippen LogP contribution < -0.4 is 24.3 Å². The quantitative estimate of drug-likeness (QED) is 0.603. The highest BCUT2D eigenvalue weighted by molar-refractivity contribution is 5.98. The Labute approximate surface area is 163 Å². The Morgan fingerprint density at radius 3 is 2.46 bits per heavy atom. The Kier molecular flexibility index (Phi) is 6.16. The number of rotatable bonds is 8. The highest BCUT2D eigenvalue weighted by Crippen LogP contribution is 2.39. The van der Waals surface area contributed by atoms with E-state index in [-0.39, 0.29) is 5.91 Å². The molecule has 0 saturated carbocycles. The van der Waals surface area contributed by atoms with E-state index in [0.717, 1.165) is 10.9 Å². The first-order chi connectivity index (χ1) is 13.7. The summed E-state index contributed by atoms with van der Waals surface area (Å²) in [7, 11) is 4.50. The van der Waals surface area contributed by atoms with Crippen molar-refractivity contribution in [1.82, 2.24) is 10.3 Å². The molecule has 7 heteroatoms. The zero-order valence-electron chi connectivity index (χ0n) is 16.0. The number of aromatic nitrogens is 1. The number of hydrogen-bond acceptors (Lipinski definition) is 6. The Balaban J connectivity index is 1.65. The molecule has 1 amide bonds. The van der Waals surface area contributed by atoms with Gasteiger partial charge in [0.15, 0.2) is 11.5 Å². The van der Waals surface area contributed by atoms with Crippen LogP contribution in [-0.2, 0) is 0 Å². The fraction of sp³-hybridized carbons (Fsp3) is 0.238. The molecule has 0 spiro atoms. The third kappa shape index (κ3) is 3.93. The van der Waals surface area contributed by atoms with Gasteiger partial charge in [-0.15, -0.1) is 0 Å². The molecule has 146 valence electrons. The van der Waals surface area contributed by atoms with Crippen LogP contribution in [0.3, 0.4) is 0 Å². The molecule has 0 aliphatic rings. The molecule has 0 aliphatic carbocycles. The van der Waals surface area contributed by atoms with Gasteiger partial charge in [0.2, 0.25) is 5.75 Å². The van der Waals surface area contributed by atoms with E-state index in [0.29, 0.717) is 41.7 Å². The van der Waals surface area contributed by atoms with Gasteiger partial charge in [-0.3, -0.25) is 9.78 Å². The van der Waals surface area contributed by atoms with Gasteiger partial charge < -0.3 is 24.3 Å². The van der Waals surface area contributed by atoms with Gasteiger partial charge in [-0.2, -0.15) is 0 Å². The van der Waals surface area contributed by atoms with Gasteiger partial charge in [0.25, 0.3) is 5.91 Å². The summed E-state index contributed by atoms with van der Waals surface area (Å²) < 4.78 is 21.7. The lowest BCUT2D eigenvalue weighted by atomic mass is 10.1. The molecule has 0 aliphatic heterocycles. The van der Waals surface area contributed by atoms with Crippen molar-refractivity contribution in [2.45, 2.75) is 0 Å². The number of nitrogens with zero attached hydrogens (tertiary/aromatic N) is 1. The van der Waals surface area contributed by atoms with E-state index in [4.69, 9.17) is 18.9 Å². The summed E-state index contributed by atoms with van der Waals surface area (Å²) >= 11 is 0. The molecule has 1 heterocycles. The number of methoxy groups -OCH3 is 3. The van der Waals surface area contributed by atoms with E-state index >= 15 is 0 Å². The van der Waals surface area contributed by atoms with Crippen molar-refractivity contribution in [3.8, 4) is 23.0 Å². The largest absolute Gasteiger partial charge is 0.493 e. The zero-order valence-corrected chi connectivity index (χ0v) is 16.0. The number of carbonyl (C=O) groups excluding carboxylic acids is 1. The molecule has 2 aromatic carbocycles. The van der Waals surface area contributed by atoms with Gasteiger partial charge in [0.05, 0.1) is 33.4 Å². The molecule has 0 fully saturated rings. The highest BCUT2D eigenvalue weighted by atomic mass is 16.5. The second-order valence-corrected chi connectivity index (χ2v) is 5.82. The first-order valence-corrected chi connectivity index (χ1v) is 8.73. The molecule has 1 N–H and O–H groups in total. The normalized spacial score (nSPS) is 10.4. The number of ether oxygens (including phenoxy) is 4. The molecule has 3 rings (SSSR count). The average molecular weight is 382 g/mol. The molecule has 0 bridgehead atoms. The Morgan fingerprint density at radius 2 is 1.71 bits per heavy atom. The van der Waals surface area contributed by atoms with Gasteiger partial charge in [-0.1, -0.05) is 18.2 Å². The van der Waals surface area contributed by atoms with Gasteiger partial charge in [-0.25, -0.2) is 0 Å². The maximum atomic E-state index is 12.6. The molecule has 0 radical (unpaired) electrons. The summed E-state index contributed by atoms with van der Waals surface area (Å²) in [6, 6.07) is 12.9. The molecule has 3 aromatic rings. The number of pyridine rings is 1. The lowest BCUT2D eigenvalue weighted by Gasteiger charge is -2.15. The van der Waals surface area contributed by atoms with Crippen LogP contribution in [0, 0.1) is 0 Å². The number of nitrogens with one attached hydrogen (secondary N) is 1. The van der Waals surface area contributed by atoms with Crippen molar-refractivity contribution >= 4 is 16.8 Å². The van der Waals surface area contributed by atoms with E-state index < -0.39 is 0 Å². The van der Waals surface area contributed by atoms with E-state index in [2.05, 4.69) is 10.3 Å². The molecule has 0 atom stereocenters. The van der Waals surface area contributed by atoms with Crippen LogP contribution in [0.2, 0.25) is 0 Å². The Hall–Kier alpha value is -3.48. The fourth-order valence-corrected chi connectivity index (χ4v) is 2.89. The molecular weight excluding hydrogens is 360 g/mol. The lowest BCUT2D eigenvalue weighted by molar-refractivity contribution is 0.0943. The van der Waals surface area contributed by atoms with Gasteiger partial charge in [0, 0.05) is 11.6 Å². The molecular formula is C21H22N2O5. The van der Waals surface area contributed by atoms with Crippen LogP contribution in [0.1, 0.15) is 10.4 Å². The number of fused-ring (bicyclic) bond motifs is 1. The van der Waals surface area contributed by atoms with Crippen molar-refractivity contribution in [1.29, 1.82) is 0 Å². The van der Waals surface area contributed by atoms with Crippen LogP contribution in [0.25, 0.3) is 10.9 Å². The predicted octanol–water partition coefficient (Wildman–Crippen LogP) is 3.07. The minimum Gasteiger partial charge on any atom is -0.493 e. The van der Waals surface area contributed by atoms with Crippen molar-refractivity contribution in [2.75, 3.05) is 34.5 Å². The molecule has 0 saturated heterocycles. The number of hydrogen-bond donors (Lipinski definition) is 1. The SMILES string of the molecule is COc1ccc(C(=O)NCCOc2cccc3cccnc23)c(OC)c1OC. The Bertz CT molecular complexity index is 969. The topological polar surface area (TPSA) is 78.9 Å². The molecule has 7 nitrogen and oxygen atoms in total. The third-order valence-corrected chi connectivity index (χ3v) is 4.19. The monoisotopic (exact) mass is 382 g/mol. The second-order valence-electron chi connectivity index (χ2n) is 5.82. The maximum absolute atomic E-state index is 12.6. The standard InChI is InChI=1S/C21H22N2O5/c1-25-17-10-9-15(19(26-2)20(17)27-3)21(24)23-12-13-28-16-8-4-6-14-7-5-11-22-18(14)16/h4-11H,12-13H2,1-3H3,(H,23,24). The van der Waals surface area contributed by atoms with Gasteiger partial charge in [0.1, 0.15) is 17.9 Å². The van der Waals surface area contributed by atoms with Crippen LogP contribution >= 0.6 is 0 Å². The fourth-order valence-electron chi connectivity index (χ4n) is 2.89. The molecule has 28 heavy (non-hydrogen) atoms. The first kappa shape index (κ1) is 19.3.